The number of hydrogen-bond donors (Lipinski definition) is 2. The molecule has 0 radical (unpaired) electrons. The monoisotopic (exact) mass is 346 g/mol. The van der Waals surface area contributed by atoms with Gasteiger partial charge in [-0.25, -0.2) is 4.79 Å². The molecule has 3 N–H and O–H groups in total. The number of benzene rings is 1. The zero-order chi connectivity index (χ0) is 18.8. The summed E-state index contributed by atoms with van der Waals surface area (Å²) in [5.74, 6) is -0.816. The Morgan fingerprint density at radius 3 is 2.24 bits per heavy atom. The minimum absolute atomic E-state index is 0.159. The molecule has 2 rings (SSSR count). The van der Waals surface area contributed by atoms with Gasteiger partial charge in [0.1, 0.15) is 12.1 Å². The predicted octanol–water partition coefficient (Wildman–Crippen LogP) is 1.23. The van der Waals surface area contributed by atoms with E-state index in [1.807, 2.05) is 39.0 Å². The molecule has 7 nitrogen and oxygen atoms in total. The van der Waals surface area contributed by atoms with Gasteiger partial charge in [-0.15, -0.1) is 0 Å². The minimum atomic E-state index is -1.14. The van der Waals surface area contributed by atoms with Crippen molar-refractivity contribution in [3.63, 3.8) is 0 Å². The number of nitrogens with one attached hydrogen (secondary N) is 1. The molecule has 1 heterocycles. The van der Waals surface area contributed by atoms with Crippen molar-refractivity contribution in [1.82, 2.24) is 14.5 Å². The molecule has 0 saturated heterocycles. The van der Waals surface area contributed by atoms with Crippen LogP contribution in [0.25, 0.3) is 11.0 Å². The van der Waals surface area contributed by atoms with E-state index >= 15 is 0 Å². The fourth-order valence-electron chi connectivity index (χ4n) is 3.25. The molecule has 7 heteroatoms. The van der Waals surface area contributed by atoms with E-state index in [9.17, 15) is 14.4 Å². The number of aromatic nitrogens is 2. The zero-order valence-corrected chi connectivity index (χ0v) is 15.2. The van der Waals surface area contributed by atoms with Gasteiger partial charge in [0.2, 0.25) is 11.8 Å². The highest BCUT2D eigenvalue weighted by Crippen LogP contribution is 2.17. The van der Waals surface area contributed by atoms with Crippen LogP contribution >= 0.6 is 0 Å². The van der Waals surface area contributed by atoms with Gasteiger partial charge in [-0.1, -0.05) is 26.0 Å². The molecule has 0 spiro atoms. The maximum atomic E-state index is 12.6. The molecular formula is C18H26N4O3. The number of rotatable bonds is 7. The fraction of sp³-hybridized carbons (Fsp3) is 0.500. The molecule has 0 bridgehead atoms. The first kappa shape index (κ1) is 18.8. The van der Waals surface area contributed by atoms with E-state index in [-0.39, 0.29) is 18.2 Å². The van der Waals surface area contributed by atoms with Crippen molar-refractivity contribution >= 4 is 22.8 Å². The van der Waals surface area contributed by atoms with Crippen molar-refractivity contribution in [2.24, 2.45) is 11.7 Å². The van der Waals surface area contributed by atoms with Crippen LogP contribution in [0, 0.1) is 5.92 Å². The van der Waals surface area contributed by atoms with E-state index in [1.54, 1.807) is 17.6 Å². The Balaban J connectivity index is 2.32. The van der Waals surface area contributed by atoms with Gasteiger partial charge < -0.3 is 11.1 Å². The SMILES string of the molecule is CCn1c(=O)n(CC(=O)N[C@](C)(CC(C)C)C(N)=O)c2ccccc21. The summed E-state index contributed by atoms with van der Waals surface area (Å²) in [7, 11) is 0. The number of hydrogen-bond acceptors (Lipinski definition) is 3. The average molecular weight is 346 g/mol. The molecule has 0 aliphatic heterocycles. The molecular weight excluding hydrogens is 320 g/mol. The molecule has 0 saturated carbocycles. The lowest BCUT2D eigenvalue weighted by molar-refractivity contribution is -0.131. The van der Waals surface area contributed by atoms with Crippen LogP contribution in [-0.2, 0) is 22.7 Å². The lowest BCUT2D eigenvalue weighted by Crippen LogP contribution is -2.56. The first-order valence-electron chi connectivity index (χ1n) is 8.48. The molecule has 0 aliphatic rings. The number of amides is 2. The third kappa shape index (κ3) is 3.75. The van der Waals surface area contributed by atoms with Crippen LogP contribution in [-0.4, -0.2) is 26.5 Å². The van der Waals surface area contributed by atoms with Crippen LogP contribution in [0.4, 0.5) is 0 Å². The number of carbonyl (C=O) groups is 2. The molecule has 2 aromatic rings. The Labute approximate surface area is 146 Å². The molecule has 2 amide bonds. The van der Waals surface area contributed by atoms with Crippen LogP contribution in [0.3, 0.4) is 0 Å². The van der Waals surface area contributed by atoms with Crippen molar-refractivity contribution < 1.29 is 9.59 Å². The van der Waals surface area contributed by atoms with Gasteiger partial charge in [0, 0.05) is 6.54 Å². The van der Waals surface area contributed by atoms with Gasteiger partial charge in [0.25, 0.3) is 0 Å². The standard InChI is InChI=1S/C18H26N4O3/c1-5-21-13-8-6-7-9-14(13)22(17(21)25)11-15(23)20-18(4,16(19)24)10-12(2)3/h6-9,12H,5,10-11H2,1-4H3,(H2,19,24)(H,20,23)/t18-/m1/s1. The highest BCUT2D eigenvalue weighted by atomic mass is 16.2. The number of aryl methyl sites for hydroxylation is 1. The van der Waals surface area contributed by atoms with E-state index < -0.39 is 17.4 Å². The van der Waals surface area contributed by atoms with E-state index in [0.717, 1.165) is 5.52 Å². The molecule has 136 valence electrons. The zero-order valence-electron chi connectivity index (χ0n) is 15.2. The number of nitrogens with zero attached hydrogens (tertiary/aromatic N) is 2. The van der Waals surface area contributed by atoms with Crippen molar-refractivity contribution in [3.8, 4) is 0 Å². The van der Waals surface area contributed by atoms with Gasteiger partial charge in [-0.05, 0) is 38.3 Å². The molecule has 1 aromatic heterocycles. The molecule has 1 aromatic carbocycles. The first-order chi connectivity index (χ1) is 11.7. The number of carbonyl (C=O) groups excluding carboxylic acids is 2. The predicted molar refractivity (Wildman–Crippen MR) is 97.1 cm³/mol. The highest BCUT2D eigenvalue weighted by Gasteiger charge is 2.33. The number of primary amides is 1. The number of nitrogens with two attached hydrogens (primary N) is 1. The lowest BCUT2D eigenvalue weighted by Gasteiger charge is -2.29. The smallest absolute Gasteiger partial charge is 0.329 e. The van der Waals surface area contributed by atoms with E-state index in [0.29, 0.717) is 18.5 Å². The largest absolute Gasteiger partial charge is 0.368 e. The maximum absolute atomic E-state index is 12.6. The van der Waals surface area contributed by atoms with Gasteiger partial charge >= 0.3 is 5.69 Å². The summed E-state index contributed by atoms with van der Waals surface area (Å²) in [6.45, 7) is 7.75. The summed E-state index contributed by atoms with van der Waals surface area (Å²) in [6, 6.07) is 7.33. The van der Waals surface area contributed by atoms with E-state index in [1.165, 1.54) is 4.57 Å². The van der Waals surface area contributed by atoms with E-state index in [2.05, 4.69) is 5.32 Å². The van der Waals surface area contributed by atoms with E-state index in [4.69, 9.17) is 5.73 Å². The summed E-state index contributed by atoms with van der Waals surface area (Å²) in [4.78, 5) is 36.9. The second-order valence-electron chi connectivity index (χ2n) is 6.94. The quantitative estimate of drug-likeness (QED) is 0.789. The van der Waals surface area contributed by atoms with Crippen molar-refractivity contribution in [3.05, 3.63) is 34.7 Å². The summed E-state index contributed by atoms with van der Waals surface area (Å²) >= 11 is 0. The number of para-hydroxylation sites is 2. The van der Waals surface area contributed by atoms with Crippen LogP contribution in [0.15, 0.2) is 29.1 Å². The summed E-state index contributed by atoms with van der Waals surface area (Å²) in [5, 5.41) is 2.71. The van der Waals surface area contributed by atoms with Crippen molar-refractivity contribution in [2.45, 2.75) is 52.7 Å². The third-order valence-corrected chi connectivity index (χ3v) is 4.32. The van der Waals surface area contributed by atoms with Gasteiger partial charge in [-0.2, -0.15) is 0 Å². The minimum Gasteiger partial charge on any atom is -0.368 e. The van der Waals surface area contributed by atoms with Crippen LogP contribution in [0.2, 0.25) is 0 Å². The Morgan fingerprint density at radius 1 is 1.20 bits per heavy atom. The Bertz CT molecular complexity index is 850. The van der Waals surface area contributed by atoms with Crippen molar-refractivity contribution in [1.29, 1.82) is 0 Å². The normalized spacial score (nSPS) is 13.8. The van der Waals surface area contributed by atoms with Crippen LogP contribution in [0.5, 0.6) is 0 Å². The Morgan fingerprint density at radius 2 is 1.76 bits per heavy atom. The first-order valence-corrected chi connectivity index (χ1v) is 8.48. The molecule has 0 unspecified atom stereocenters. The fourth-order valence-corrected chi connectivity index (χ4v) is 3.25. The summed E-state index contributed by atoms with van der Waals surface area (Å²) in [5.41, 5.74) is 5.56. The van der Waals surface area contributed by atoms with Crippen molar-refractivity contribution in [2.75, 3.05) is 0 Å². The highest BCUT2D eigenvalue weighted by molar-refractivity contribution is 5.90. The molecule has 25 heavy (non-hydrogen) atoms. The second kappa shape index (κ2) is 7.13. The number of imidazole rings is 1. The van der Waals surface area contributed by atoms with Gasteiger partial charge in [0.15, 0.2) is 0 Å². The molecule has 0 aliphatic carbocycles. The lowest BCUT2D eigenvalue weighted by atomic mass is 9.90. The molecule has 0 fully saturated rings. The summed E-state index contributed by atoms with van der Waals surface area (Å²) in [6.07, 6.45) is 0.430. The third-order valence-electron chi connectivity index (χ3n) is 4.32. The Kier molecular flexibility index (Phi) is 5.35. The topological polar surface area (TPSA) is 99.1 Å². The molecule has 1 atom stereocenters. The summed E-state index contributed by atoms with van der Waals surface area (Å²) < 4.78 is 3.04. The second-order valence-corrected chi connectivity index (χ2v) is 6.94. The Hall–Kier alpha value is -2.57. The van der Waals surface area contributed by atoms with Gasteiger partial charge in [-0.3, -0.25) is 18.7 Å². The maximum Gasteiger partial charge on any atom is 0.329 e. The number of fused-ring (bicyclic) bond motifs is 1. The average Bonchev–Trinajstić information content (AvgIpc) is 2.78. The van der Waals surface area contributed by atoms with Crippen LogP contribution in [0.1, 0.15) is 34.1 Å². The van der Waals surface area contributed by atoms with Crippen LogP contribution < -0.4 is 16.7 Å². The van der Waals surface area contributed by atoms with Gasteiger partial charge in [0.05, 0.1) is 11.0 Å².